The molecule has 3 aromatic carbocycles. The van der Waals surface area contributed by atoms with Crippen molar-refractivity contribution in [2.45, 2.75) is 51.1 Å². The van der Waals surface area contributed by atoms with Gasteiger partial charge in [-0.15, -0.1) is 0 Å². The molecule has 3 aromatic rings. The molecule has 3 rings (SSSR count). The first-order chi connectivity index (χ1) is 18.7. The van der Waals surface area contributed by atoms with E-state index in [0.29, 0.717) is 18.0 Å². The van der Waals surface area contributed by atoms with E-state index >= 15 is 0 Å². The Bertz CT molecular complexity index is 1360. The minimum absolute atomic E-state index is 0.0732. The van der Waals surface area contributed by atoms with Crippen molar-refractivity contribution in [2.75, 3.05) is 24.5 Å². The summed E-state index contributed by atoms with van der Waals surface area (Å²) in [5.41, 5.74) is 1.97. The van der Waals surface area contributed by atoms with Crippen molar-refractivity contribution in [1.29, 1.82) is 0 Å². The van der Waals surface area contributed by atoms with Crippen LogP contribution in [0.15, 0.2) is 83.8 Å². The molecule has 39 heavy (non-hydrogen) atoms. The van der Waals surface area contributed by atoms with Crippen LogP contribution >= 0.6 is 0 Å². The minimum Gasteiger partial charge on any atom is -0.497 e. The number of hydrogen-bond acceptors (Lipinski definition) is 5. The lowest BCUT2D eigenvalue weighted by molar-refractivity contribution is -0.139. The van der Waals surface area contributed by atoms with Crippen LogP contribution in [-0.4, -0.2) is 51.4 Å². The lowest BCUT2D eigenvalue weighted by atomic mass is 10.1. The number of benzene rings is 3. The van der Waals surface area contributed by atoms with E-state index in [9.17, 15) is 18.0 Å². The monoisotopic (exact) mass is 551 g/mol. The third kappa shape index (κ3) is 7.83. The van der Waals surface area contributed by atoms with Crippen molar-refractivity contribution in [3.63, 3.8) is 0 Å². The maximum atomic E-state index is 13.9. The van der Waals surface area contributed by atoms with Crippen LogP contribution in [0.2, 0.25) is 0 Å². The van der Waals surface area contributed by atoms with Crippen molar-refractivity contribution in [3.05, 3.63) is 90.0 Å². The van der Waals surface area contributed by atoms with E-state index in [1.54, 1.807) is 62.6 Å². The Morgan fingerprint density at radius 2 is 1.69 bits per heavy atom. The predicted octanol–water partition coefficient (Wildman–Crippen LogP) is 4.53. The lowest BCUT2D eigenvalue weighted by Crippen LogP contribution is -2.51. The SMILES string of the molecule is CCCCNC(=O)[C@@H](C)N(Cc1cccc(OC)c1)C(=O)CN(c1cccc(C)c1)S(=O)(=O)c1ccccc1. The van der Waals surface area contributed by atoms with Crippen LogP contribution in [0.4, 0.5) is 5.69 Å². The van der Waals surface area contributed by atoms with Gasteiger partial charge in [-0.3, -0.25) is 13.9 Å². The van der Waals surface area contributed by atoms with Crippen LogP contribution < -0.4 is 14.4 Å². The Morgan fingerprint density at radius 3 is 2.36 bits per heavy atom. The summed E-state index contributed by atoms with van der Waals surface area (Å²) in [6.07, 6.45) is 1.74. The fraction of sp³-hybridized carbons (Fsp3) is 0.333. The van der Waals surface area contributed by atoms with E-state index in [0.717, 1.165) is 28.3 Å². The summed E-state index contributed by atoms with van der Waals surface area (Å²) < 4.78 is 34.0. The summed E-state index contributed by atoms with van der Waals surface area (Å²) in [6, 6.07) is 21.4. The number of carbonyl (C=O) groups excluding carboxylic acids is 2. The number of rotatable bonds is 13. The zero-order valence-corrected chi connectivity index (χ0v) is 23.8. The zero-order valence-electron chi connectivity index (χ0n) is 23.0. The normalized spacial score (nSPS) is 11.9. The standard InChI is InChI=1S/C30H37N3O5S/c1-5-6-18-31-30(35)24(3)32(21-25-13-11-15-27(20-25)38-4)29(34)22-33(26-14-10-12-23(2)19-26)39(36,37)28-16-8-7-9-17-28/h7-17,19-20,24H,5-6,18,21-22H2,1-4H3,(H,31,35)/t24-/m1/s1. The topological polar surface area (TPSA) is 96.0 Å². The number of carbonyl (C=O) groups is 2. The summed E-state index contributed by atoms with van der Waals surface area (Å²) in [7, 11) is -2.53. The summed E-state index contributed by atoms with van der Waals surface area (Å²) in [4.78, 5) is 28.5. The van der Waals surface area contributed by atoms with Gasteiger partial charge >= 0.3 is 0 Å². The molecule has 0 aliphatic carbocycles. The van der Waals surface area contributed by atoms with Gasteiger partial charge in [-0.05, 0) is 67.8 Å². The lowest BCUT2D eigenvalue weighted by Gasteiger charge is -2.32. The number of methoxy groups -OCH3 is 1. The highest BCUT2D eigenvalue weighted by molar-refractivity contribution is 7.92. The fourth-order valence-electron chi connectivity index (χ4n) is 4.12. The molecule has 0 spiro atoms. The van der Waals surface area contributed by atoms with Crippen molar-refractivity contribution < 1.29 is 22.7 Å². The molecule has 0 saturated heterocycles. The predicted molar refractivity (Wildman–Crippen MR) is 153 cm³/mol. The second-order valence-corrected chi connectivity index (χ2v) is 11.2. The van der Waals surface area contributed by atoms with Crippen LogP contribution in [-0.2, 0) is 26.2 Å². The van der Waals surface area contributed by atoms with E-state index in [-0.39, 0.29) is 17.3 Å². The van der Waals surface area contributed by atoms with Gasteiger partial charge in [0.25, 0.3) is 10.0 Å². The van der Waals surface area contributed by atoms with Gasteiger partial charge in [-0.2, -0.15) is 0 Å². The van der Waals surface area contributed by atoms with Crippen molar-refractivity contribution in [2.24, 2.45) is 0 Å². The molecule has 1 N–H and O–H groups in total. The highest BCUT2D eigenvalue weighted by Gasteiger charge is 2.32. The summed E-state index contributed by atoms with van der Waals surface area (Å²) in [6.45, 7) is 5.67. The minimum atomic E-state index is -4.08. The second kappa shape index (κ2) is 13.8. The highest BCUT2D eigenvalue weighted by Crippen LogP contribution is 2.25. The number of nitrogens with one attached hydrogen (secondary N) is 1. The van der Waals surface area contributed by atoms with Gasteiger partial charge in [-0.1, -0.05) is 55.8 Å². The first-order valence-electron chi connectivity index (χ1n) is 13.0. The molecule has 0 aliphatic heterocycles. The molecule has 0 saturated carbocycles. The van der Waals surface area contributed by atoms with Gasteiger partial charge in [0.15, 0.2) is 0 Å². The first kappa shape index (κ1) is 29.7. The van der Waals surface area contributed by atoms with Crippen molar-refractivity contribution in [3.8, 4) is 5.75 Å². The quantitative estimate of drug-likeness (QED) is 0.315. The number of anilines is 1. The molecular weight excluding hydrogens is 514 g/mol. The van der Waals surface area contributed by atoms with E-state index in [1.165, 1.54) is 17.0 Å². The van der Waals surface area contributed by atoms with E-state index in [2.05, 4.69) is 5.32 Å². The first-order valence-corrected chi connectivity index (χ1v) is 14.5. The number of sulfonamides is 1. The van der Waals surface area contributed by atoms with E-state index in [4.69, 9.17) is 4.74 Å². The van der Waals surface area contributed by atoms with Crippen molar-refractivity contribution in [1.82, 2.24) is 10.2 Å². The molecule has 0 heterocycles. The van der Waals surface area contributed by atoms with Gasteiger partial charge in [0.05, 0.1) is 17.7 Å². The van der Waals surface area contributed by atoms with Crippen LogP contribution in [0.25, 0.3) is 0 Å². The van der Waals surface area contributed by atoms with Crippen LogP contribution in [0.5, 0.6) is 5.75 Å². The third-order valence-electron chi connectivity index (χ3n) is 6.38. The average molecular weight is 552 g/mol. The number of ether oxygens (including phenoxy) is 1. The van der Waals surface area contributed by atoms with Gasteiger partial charge in [0, 0.05) is 13.1 Å². The van der Waals surface area contributed by atoms with Gasteiger partial charge in [0.2, 0.25) is 11.8 Å². The molecule has 1 atom stereocenters. The molecule has 0 bridgehead atoms. The molecule has 9 heteroatoms. The molecule has 0 fully saturated rings. The highest BCUT2D eigenvalue weighted by atomic mass is 32.2. The number of aryl methyl sites for hydroxylation is 1. The number of hydrogen-bond donors (Lipinski definition) is 1. The summed E-state index contributed by atoms with van der Waals surface area (Å²) in [5.74, 6) is -0.183. The summed E-state index contributed by atoms with van der Waals surface area (Å²) >= 11 is 0. The number of nitrogens with zero attached hydrogens (tertiary/aromatic N) is 2. The smallest absolute Gasteiger partial charge is 0.264 e. The van der Waals surface area contributed by atoms with Crippen LogP contribution in [0.3, 0.4) is 0 Å². The zero-order chi connectivity index (χ0) is 28.4. The summed E-state index contributed by atoms with van der Waals surface area (Å²) in [5, 5.41) is 2.89. The Morgan fingerprint density at radius 1 is 0.974 bits per heavy atom. The number of unbranched alkanes of at least 4 members (excludes halogenated alkanes) is 1. The Labute approximate surface area is 231 Å². The molecule has 2 amide bonds. The number of amides is 2. The maximum Gasteiger partial charge on any atom is 0.264 e. The van der Waals surface area contributed by atoms with Gasteiger partial charge in [0.1, 0.15) is 18.3 Å². The molecule has 8 nitrogen and oxygen atoms in total. The third-order valence-corrected chi connectivity index (χ3v) is 8.17. The largest absolute Gasteiger partial charge is 0.497 e. The Hall–Kier alpha value is -3.85. The molecule has 0 unspecified atom stereocenters. The molecular formula is C30H37N3O5S. The molecule has 0 aliphatic rings. The molecule has 0 radical (unpaired) electrons. The fourth-order valence-corrected chi connectivity index (χ4v) is 5.54. The average Bonchev–Trinajstić information content (AvgIpc) is 2.94. The van der Waals surface area contributed by atoms with Crippen LogP contribution in [0.1, 0.15) is 37.8 Å². The van der Waals surface area contributed by atoms with Crippen molar-refractivity contribution >= 4 is 27.5 Å². The van der Waals surface area contributed by atoms with Gasteiger partial charge in [-0.25, -0.2) is 8.42 Å². The molecule has 0 aromatic heterocycles. The maximum absolute atomic E-state index is 13.9. The van der Waals surface area contributed by atoms with Crippen LogP contribution in [0, 0.1) is 6.92 Å². The van der Waals surface area contributed by atoms with E-state index < -0.39 is 28.5 Å². The second-order valence-electron chi connectivity index (χ2n) is 9.36. The Kier molecular flexibility index (Phi) is 10.5. The van der Waals surface area contributed by atoms with Gasteiger partial charge < -0.3 is 15.0 Å². The Balaban J connectivity index is 2.00. The van der Waals surface area contributed by atoms with E-state index in [1.807, 2.05) is 32.0 Å². The molecule has 208 valence electrons.